The first-order valence-corrected chi connectivity index (χ1v) is 6.60. The minimum Gasteiger partial charge on any atom is -0.291 e. The Kier molecular flexibility index (Phi) is 2.48. The van der Waals surface area contributed by atoms with Gasteiger partial charge in [0.2, 0.25) is 0 Å². The maximum absolute atomic E-state index is 13.3. The highest BCUT2D eigenvalue weighted by molar-refractivity contribution is 7.17. The Labute approximate surface area is 109 Å². The lowest BCUT2D eigenvalue weighted by Gasteiger charge is -2.00. The zero-order chi connectivity index (χ0) is 12.9. The van der Waals surface area contributed by atoms with E-state index in [0.29, 0.717) is 0 Å². The van der Waals surface area contributed by atoms with Gasteiger partial charge in [0, 0.05) is 21.8 Å². The van der Waals surface area contributed by atoms with Crippen molar-refractivity contribution in [3.05, 3.63) is 46.3 Å². The molecule has 0 aliphatic heterocycles. The Morgan fingerprint density at radius 2 is 1.94 bits per heavy atom. The zero-order valence-corrected chi connectivity index (χ0v) is 11.3. The standard InChI is InChI=1S/C14H13FN2S/c1-8-10(3)18-14-16-13(9(2)17(8)14)11-5-4-6-12(15)7-11/h4-7H,1-3H3. The van der Waals surface area contributed by atoms with Crippen LogP contribution in [0.1, 0.15) is 16.3 Å². The first kappa shape index (κ1) is 11.4. The van der Waals surface area contributed by atoms with E-state index in [1.54, 1.807) is 17.4 Å². The van der Waals surface area contributed by atoms with Crippen LogP contribution in [0.2, 0.25) is 0 Å². The number of imidazole rings is 1. The first-order valence-electron chi connectivity index (χ1n) is 5.79. The summed E-state index contributed by atoms with van der Waals surface area (Å²) in [6.45, 7) is 6.21. The molecule has 0 N–H and O–H groups in total. The predicted molar refractivity (Wildman–Crippen MR) is 72.7 cm³/mol. The van der Waals surface area contributed by atoms with Crippen LogP contribution in [0.5, 0.6) is 0 Å². The van der Waals surface area contributed by atoms with Gasteiger partial charge >= 0.3 is 0 Å². The van der Waals surface area contributed by atoms with Crippen molar-refractivity contribution >= 4 is 16.3 Å². The molecule has 0 aliphatic rings. The van der Waals surface area contributed by atoms with Gasteiger partial charge in [-0.05, 0) is 32.9 Å². The summed E-state index contributed by atoms with van der Waals surface area (Å²) in [6, 6.07) is 6.59. The molecule has 0 saturated heterocycles. The Morgan fingerprint density at radius 3 is 2.61 bits per heavy atom. The molecule has 1 aromatic carbocycles. The van der Waals surface area contributed by atoms with Crippen LogP contribution in [0.4, 0.5) is 4.39 Å². The van der Waals surface area contributed by atoms with E-state index in [4.69, 9.17) is 0 Å². The summed E-state index contributed by atoms with van der Waals surface area (Å²) in [5.41, 5.74) is 3.98. The van der Waals surface area contributed by atoms with E-state index in [-0.39, 0.29) is 5.82 Å². The number of rotatable bonds is 1. The van der Waals surface area contributed by atoms with Crippen LogP contribution >= 0.6 is 11.3 Å². The highest BCUT2D eigenvalue weighted by atomic mass is 32.1. The van der Waals surface area contributed by atoms with E-state index in [2.05, 4.69) is 23.2 Å². The van der Waals surface area contributed by atoms with Gasteiger partial charge in [-0.25, -0.2) is 9.37 Å². The van der Waals surface area contributed by atoms with E-state index in [1.165, 1.54) is 22.7 Å². The van der Waals surface area contributed by atoms with Gasteiger partial charge in [-0.15, -0.1) is 11.3 Å². The molecule has 3 rings (SSSR count). The molecule has 0 radical (unpaired) electrons. The van der Waals surface area contributed by atoms with Gasteiger partial charge in [0.05, 0.1) is 5.69 Å². The van der Waals surface area contributed by atoms with Crippen molar-refractivity contribution in [3.8, 4) is 11.3 Å². The Hall–Kier alpha value is -1.68. The summed E-state index contributed by atoms with van der Waals surface area (Å²) in [6.07, 6.45) is 0. The fraction of sp³-hybridized carbons (Fsp3) is 0.214. The van der Waals surface area contributed by atoms with Crippen LogP contribution in [0.15, 0.2) is 24.3 Å². The molecule has 0 fully saturated rings. The van der Waals surface area contributed by atoms with Crippen molar-refractivity contribution in [2.24, 2.45) is 0 Å². The predicted octanol–water partition coefficient (Wildman–Crippen LogP) is 4.13. The van der Waals surface area contributed by atoms with Crippen molar-refractivity contribution in [1.29, 1.82) is 0 Å². The van der Waals surface area contributed by atoms with E-state index in [1.807, 2.05) is 13.0 Å². The van der Waals surface area contributed by atoms with Gasteiger partial charge in [-0.2, -0.15) is 0 Å². The van der Waals surface area contributed by atoms with Gasteiger partial charge < -0.3 is 0 Å². The molecule has 2 aromatic heterocycles. The Balaban J connectivity index is 2.28. The topological polar surface area (TPSA) is 17.3 Å². The number of thiazole rings is 1. The van der Waals surface area contributed by atoms with Crippen molar-refractivity contribution in [2.45, 2.75) is 20.8 Å². The molecule has 18 heavy (non-hydrogen) atoms. The van der Waals surface area contributed by atoms with Gasteiger partial charge in [0.15, 0.2) is 4.96 Å². The molecule has 3 aromatic rings. The van der Waals surface area contributed by atoms with Crippen molar-refractivity contribution in [2.75, 3.05) is 0 Å². The number of hydrogen-bond donors (Lipinski definition) is 0. The van der Waals surface area contributed by atoms with Crippen LogP contribution in [0.25, 0.3) is 16.2 Å². The second kappa shape index (κ2) is 3.92. The SMILES string of the molecule is Cc1sc2nc(-c3cccc(F)c3)c(C)n2c1C. The molecule has 0 amide bonds. The minimum absolute atomic E-state index is 0.226. The summed E-state index contributed by atoms with van der Waals surface area (Å²) < 4.78 is 15.4. The number of fused-ring (bicyclic) bond motifs is 1. The first-order chi connectivity index (χ1) is 8.58. The second-order valence-electron chi connectivity index (χ2n) is 4.42. The molecule has 0 atom stereocenters. The summed E-state index contributed by atoms with van der Waals surface area (Å²) in [5.74, 6) is -0.226. The number of hydrogen-bond acceptors (Lipinski definition) is 2. The zero-order valence-electron chi connectivity index (χ0n) is 10.5. The number of halogens is 1. The largest absolute Gasteiger partial charge is 0.291 e. The van der Waals surface area contributed by atoms with E-state index >= 15 is 0 Å². The fourth-order valence-electron chi connectivity index (χ4n) is 2.22. The fourth-order valence-corrected chi connectivity index (χ4v) is 3.23. The van der Waals surface area contributed by atoms with E-state index in [0.717, 1.165) is 21.9 Å². The van der Waals surface area contributed by atoms with Crippen molar-refractivity contribution < 1.29 is 4.39 Å². The maximum Gasteiger partial charge on any atom is 0.194 e. The lowest BCUT2D eigenvalue weighted by atomic mass is 10.1. The maximum atomic E-state index is 13.3. The van der Waals surface area contributed by atoms with Crippen LogP contribution in [-0.4, -0.2) is 9.38 Å². The molecule has 0 saturated carbocycles. The molecule has 4 heteroatoms. The number of aromatic nitrogens is 2. The molecule has 0 bridgehead atoms. The van der Waals surface area contributed by atoms with Gasteiger partial charge in [-0.1, -0.05) is 12.1 Å². The summed E-state index contributed by atoms with van der Waals surface area (Å²) in [5, 5.41) is 0. The lowest BCUT2D eigenvalue weighted by molar-refractivity contribution is 0.628. The van der Waals surface area contributed by atoms with Crippen LogP contribution in [0, 0.1) is 26.6 Å². The van der Waals surface area contributed by atoms with E-state index in [9.17, 15) is 4.39 Å². The molecule has 2 heterocycles. The number of benzene rings is 1. The normalized spacial score (nSPS) is 11.3. The molecular formula is C14H13FN2S. The van der Waals surface area contributed by atoms with E-state index < -0.39 is 0 Å². The lowest BCUT2D eigenvalue weighted by Crippen LogP contribution is -1.90. The second-order valence-corrected chi connectivity index (χ2v) is 5.60. The molecule has 0 aliphatic carbocycles. The molecule has 0 spiro atoms. The van der Waals surface area contributed by atoms with Crippen LogP contribution in [0.3, 0.4) is 0 Å². The van der Waals surface area contributed by atoms with Crippen LogP contribution < -0.4 is 0 Å². The van der Waals surface area contributed by atoms with Gasteiger partial charge in [0.1, 0.15) is 5.82 Å². The highest BCUT2D eigenvalue weighted by Gasteiger charge is 2.15. The Morgan fingerprint density at radius 1 is 1.17 bits per heavy atom. The molecule has 92 valence electrons. The Bertz CT molecular complexity index is 740. The average Bonchev–Trinajstić information content (AvgIpc) is 2.79. The number of aryl methyl sites for hydroxylation is 3. The highest BCUT2D eigenvalue weighted by Crippen LogP contribution is 2.30. The average molecular weight is 260 g/mol. The minimum atomic E-state index is -0.226. The summed E-state index contributed by atoms with van der Waals surface area (Å²) in [7, 11) is 0. The molecule has 2 nitrogen and oxygen atoms in total. The van der Waals surface area contributed by atoms with Gasteiger partial charge in [0.25, 0.3) is 0 Å². The monoisotopic (exact) mass is 260 g/mol. The third kappa shape index (κ3) is 1.56. The third-order valence-electron chi connectivity index (χ3n) is 3.26. The van der Waals surface area contributed by atoms with Crippen molar-refractivity contribution in [3.63, 3.8) is 0 Å². The van der Waals surface area contributed by atoms with Gasteiger partial charge in [-0.3, -0.25) is 4.40 Å². The third-order valence-corrected chi connectivity index (χ3v) is 4.32. The quantitative estimate of drug-likeness (QED) is 0.643. The molecular weight excluding hydrogens is 247 g/mol. The molecule has 0 unspecified atom stereocenters. The van der Waals surface area contributed by atoms with Crippen molar-refractivity contribution in [1.82, 2.24) is 9.38 Å². The smallest absolute Gasteiger partial charge is 0.194 e. The summed E-state index contributed by atoms with van der Waals surface area (Å²) in [4.78, 5) is 6.86. The number of nitrogens with zero attached hydrogens (tertiary/aromatic N) is 2. The van der Waals surface area contributed by atoms with Crippen LogP contribution in [-0.2, 0) is 0 Å². The summed E-state index contributed by atoms with van der Waals surface area (Å²) >= 11 is 1.67.